The molecule has 3 atom stereocenters. The third-order valence-corrected chi connectivity index (χ3v) is 4.13. The Morgan fingerprint density at radius 2 is 2.38 bits per heavy atom. The first-order valence-electron chi connectivity index (χ1n) is 6.28. The number of carbonyl (C=O) groups is 1. The summed E-state index contributed by atoms with van der Waals surface area (Å²) in [5.41, 5.74) is -0.247. The van der Waals surface area contributed by atoms with E-state index in [9.17, 15) is 9.90 Å². The van der Waals surface area contributed by atoms with Crippen molar-refractivity contribution in [2.45, 2.75) is 38.6 Å². The Kier molecular flexibility index (Phi) is 3.50. The Balaban J connectivity index is 1.91. The Bertz CT molecular complexity index is 262. The molecule has 0 aromatic rings. The van der Waals surface area contributed by atoms with Crippen molar-refractivity contribution < 1.29 is 9.90 Å². The second kappa shape index (κ2) is 4.72. The lowest BCUT2D eigenvalue weighted by molar-refractivity contribution is -0.130. The van der Waals surface area contributed by atoms with Gasteiger partial charge in [-0.2, -0.15) is 0 Å². The Hall–Kier alpha value is -0.610. The Labute approximate surface area is 96.8 Å². The van der Waals surface area contributed by atoms with E-state index in [-0.39, 0.29) is 29.9 Å². The van der Waals surface area contributed by atoms with Gasteiger partial charge in [-0.25, -0.2) is 0 Å². The van der Waals surface area contributed by atoms with Gasteiger partial charge in [-0.1, -0.05) is 6.42 Å². The van der Waals surface area contributed by atoms with Gasteiger partial charge in [0.05, 0.1) is 5.41 Å². The summed E-state index contributed by atoms with van der Waals surface area (Å²) in [6.07, 6.45) is 4.08. The maximum absolute atomic E-state index is 12.2. The molecule has 2 rings (SSSR count). The van der Waals surface area contributed by atoms with Crippen molar-refractivity contribution >= 4 is 5.91 Å². The summed E-state index contributed by atoms with van der Waals surface area (Å²) in [5.74, 6) is 0.421. The molecule has 1 aliphatic heterocycles. The molecule has 1 amide bonds. The summed E-state index contributed by atoms with van der Waals surface area (Å²) >= 11 is 0. The lowest BCUT2D eigenvalue weighted by Crippen LogP contribution is -2.47. The van der Waals surface area contributed by atoms with Crippen LogP contribution in [0.5, 0.6) is 0 Å². The number of hydrogen-bond acceptors (Lipinski definition) is 3. The van der Waals surface area contributed by atoms with Crippen LogP contribution in [0, 0.1) is 11.3 Å². The number of carbonyl (C=O) groups excluding carboxylic acids is 1. The van der Waals surface area contributed by atoms with Gasteiger partial charge in [0.15, 0.2) is 0 Å². The maximum Gasteiger partial charge on any atom is 0.227 e. The summed E-state index contributed by atoms with van der Waals surface area (Å²) < 4.78 is 0. The van der Waals surface area contributed by atoms with Crippen LogP contribution in [0.3, 0.4) is 0 Å². The first kappa shape index (κ1) is 11.9. The highest BCUT2D eigenvalue weighted by Crippen LogP contribution is 2.29. The maximum atomic E-state index is 12.2. The lowest BCUT2D eigenvalue weighted by Gasteiger charge is -2.26. The van der Waals surface area contributed by atoms with Crippen LogP contribution in [0.25, 0.3) is 0 Å². The smallest absolute Gasteiger partial charge is 0.227 e. The SMILES string of the molecule is CC1(C(=O)NC2CCCC2CO)CCNC1. The first-order valence-corrected chi connectivity index (χ1v) is 6.28. The third-order valence-electron chi connectivity index (χ3n) is 4.13. The van der Waals surface area contributed by atoms with Crippen molar-refractivity contribution in [1.82, 2.24) is 10.6 Å². The summed E-state index contributed by atoms with van der Waals surface area (Å²) in [6.45, 7) is 3.92. The fourth-order valence-corrected chi connectivity index (χ4v) is 2.80. The van der Waals surface area contributed by atoms with E-state index in [0.29, 0.717) is 0 Å². The second-order valence-corrected chi connectivity index (χ2v) is 5.44. The van der Waals surface area contributed by atoms with Crippen LogP contribution in [-0.4, -0.2) is 36.8 Å². The molecule has 4 heteroatoms. The van der Waals surface area contributed by atoms with Crippen molar-refractivity contribution in [1.29, 1.82) is 0 Å². The van der Waals surface area contributed by atoms with Gasteiger partial charge < -0.3 is 15.7 Å². The molecule has 0 aromatic carbocycles. The molecule has 92 valence electrons. The average molecular weight is 226 g/mol. The molecule has 0 spiro atoms. The van der Waals surface area contributed by atoms with Gasteiger partial charge in [-0.05, 0) is 32.7 Å². The second-order valence-electron chi connectivity index (χ2n) is 5.44. The molecule has 1 saturated carbocycles. The van der Waals surface area contributed by atoms with Gasteiger partial charge in [0, 0.05) is 25.1 Å². The number of aliphatic hydroxyl groups excluding tert-OH is 1. The minimum atomic E-state index is -0.247. The summed E-state index contributed by atoms with van der Waals surface area (Å²) in [7, 11) is 0. The van der Waals surface area contributed by atoms with Gasteiger partial charge in [0.25, 0.3) is 0 Å². The van der Waals surface area contributed by atoms with Gasteiger partial charge in [0.2, 0.25) is 5.91 Å². The highest BCUT2D eigenvalue weighted by molar-refractivity contribution is 5.83. The molecule has 16 heavy (non-hydrogen) atoms. The molecule has 3 unspecified atom stereocenters. The zero-order valence-electron chi connectivity index (χ0n) is 9.96. The molecule has 4 nitrogen and oxygen atoms in total. The number of amides is 1. The number of nitrogens with one attached hydrogen (secondary N) is 2. The van der Waals surface area contributed by atoms with Crippen LogP contribution in [0.15, 0.2) is 0 Å². The molecular formula is C12H22N2O2. The molecule has 2 fully saturated rings. The van der Waals surface area contributed by atoms with Crippen molar-refractivity contribution in [2.75, 3.05) is 19.7 Å². The summed E-state index contributed by atoms with van der Waals surface area (Å²) in [6, 6.07) is 0.190. The Morgan fingerprint density at radius 3 is 3.00 bits per heavy atom. The molecule has 0 bridgehead atoms. The van der Waals surface area contributed by atoms with Crippen molar-refractivity contribution in [3.8, 4) is 0 Å². The number of hydrogen-bond donors (Lipinski definition) is 3. The topological polar surface area (TPSA) is 61.4 Å². The molecular weight excluding hydrogens is 204 g/mol. The zero-order valence-corrected chi connectivity index (χ0v) is 9.96. The van der Waals surface area contributed by atoms with E-state index in [1.807, 2.05) is 6.92 Å². The van der Waals surface area contributed by atoms with Gasteiger partial charge >= 0.3 is 0 Å². The predicted molar refractivity (Wildman–Crippen MR) is 62.0 cm³/mol. The van der Waals surface area contributed by atoms with E-state index in [2.05, 4.69) is 10.6 Å². The van der Waals surface area contributed by atoms with Crippen LogP contribution in [0.2, 0.25) is 0 Å². The van der Waals surface area contributed by atoms with E-state index in [1.54, 1.807) is 0 Å². The lowest BCUT2D eigenvalue weighted by atomic mass is 9.88. The van der Waals surface area contributed by atoms with Crippen LogP contribution >= 0.6 is 0 Å². The van der Waals surface area contributed by atoms with E-state index in [0.717, 1.165) is 38.8 Å². The monoisotopic (exact) mass is 226 g/mol. The van der Waals surface area contributed by atoms with E-state index < -0.39 is 0 Å². The molecule has 1 saturated heterocycles. The van der Waals surface area contributed by atoms with E-state index in [1.165, 1.54) is 0 Å². The number of rotatable bonds is 3. The highest BCUT2D eigenvalue weighted by Gasteiger charge is 2.38. The fourth-order valence-electron chi connectivity index (χ4n) is 2.80. The third kappa shape index (κ3) is 2.23. The van der Waals surface area contributed by atoms with Crippen molar-refractivity contribution in [3.63, 3.8) is 0 Å². The summed E-state index contributed by atoms with van der Waals surface area (Å²) in [4.78, 5) is 12.2. The van der Waals surface area contributed by atoms with Crippen LogP contribution in [0.4, 0.5) is 0 Å². The minimum Gasteiger partial charge on any atom is -0.396 e. The highest BCUT2D eigenvalue weighted by atomic mass is 16.3. The predicted octanol–water partition coefficient (Wildman–Crippen LogP) is 0.263. The zero-order chi connectivity index (χ0) is 11.6. The Morgan fingerprint density at radius 1 is 1.56 bits per heavy atom. The molecule has 1 aliphatic carbocycles. The number of aliphatic hydroxyl groups is 1. The normalized spacial score (nSPS) is 38.9. The van der Waals surface area contributed by atoms with Crippen molar-refractivity contribution in [2.24, 2.45) is 11.3 Å². The largest absolute Gasteiger partial charge is 0.396 e. The van der Waals surface area contributed by atoms with Gasteiger partial charge in [-0.3, -0.25) is 4.79 Å². The van der Waals surface area contributed by atoms with Crippen LogP contribution < -0.4 is 10.6 Å². The van der Waals surface area contributed by atoms with Crippen molar-refractivity contribution in [3.05, 3.63) is 0 Å². The van der Waals surface area contributed by atoms with Gasteiger partial charge in [-0.15, -0.1) is 0 Å². The molecule has 1 heterocycles. The molecule has 2 aliphatic rings. The molecule has 3 N–H and O–H groups in total. The average Bonchev–Trinajstić information content (AvgIpc) is 2.87. The fraction of sp³-hybridized carbons (Fsp3) is 0.917. The molecule has 0 aromatic heterocycles. The first-order chi connectivity index (χ1) is 7.65. The van der Waals surface area contributed by atoms with Crippen LogP contribution in [0.1, 0.15) is 32.6 Å². The van der Waals surface area contributed by atoms with E-state index >= 15 is 0 Å². The standard InChI is InChI=1S/C12H22N2O2/c1-12(5-6-13-8-12)11(16)14-10-4-2-3-9(10)7-15/h9-10,13,15H,2-8H2,1H3,(H,14,16). The van der Waals surface area contributed by atoms with Crippen LogP contribution in [-0.2, 0) is 4.79 Å². The quantitative estimate of drug-likeness (QED) is 0.647. The van der Waals surface area contributed by atoms with E-state index in [4.69, 9.17) is 0 Å². The summed E-state index contributed by atoms with van der Waals surface area (Å²) in [5, 5.41) is 15.6. The minimum absolute atomic E-state index is 0.155. The van der Waals surface area contributed by atoms with Gasteiger partial charge in [0.1, 0.15) is 0 Å². The molecule has 0 radical (unpaired) electrons.